The molecule has 1 aromatic carbocycles. The summed E-state index contributed by atoms with van der Waals surface area (Å²) in [5.41, 5.74) is 0.506. The summed E-state index contributed by atoms with van der Waals surface area (Å²) in [6.07, 6.45) is 6.43. The Morgan fingerprint density at radius 2 is 1.65 bits per heavy atom. The fraction of sp³-hybridized carbons (Fsp3) is 0.632. The van der Waals surface area contributed by atoms with Crippen LogP contribution in [-0.4, -0.2) is 25.8 Å². The van der Waals surface area contributed by atoms with Gasteiger partial charge in [0.05, 0.1) is 25.4 Å². The molecule has 0 aliphatic heterocycles. The summed E-state index contributed by atoms with van der Waals surface area (Å²) >= 11 is 0. The number of esters is 1. The molecule has 1 rings (SSSR count). The minimum Gasteiger partial charge on any atom is -0.490 e. The molecule has 0 atom stereocenters. The zero-order valence-electron chi connectivity index (χ0n) is 14.7. The molecule has 0 fully saturated rings. The van der Waals surface area contributed by atoms with E-state index in [-0.39, 0.29) is 5.97 Å². The van der Waals surface area contributed by atoms with Gasteiger partial charge in [0.2, 0.25) is 0 Å². The van der Waals surface area contributed by atoms with E-state index in [4.69, 9.17) is 14.2 Å². The van der Waals surface area contributed by atoms with E-state index in [0.29, 0.717) is 36.9 Å². The lowest BCUT2D eigenvalue weighted by Gasteiger charge is -2.13. The predicted octanol–water partition coefficient (Wildman–Crippen LogP) is 5.00. The predicted molar refractivity (Wildman–Crippen MR) is 92.4 cm³/mol. The van der Waals surface area contributed by atoms with Crippen LogP contribution in [0.2, 0.25) is 0 Å². The van der Waals surface area contributed by atoms with E-state index in [0.717, 1.165) is 25.7 Å². The lowest BCUT2D eigenvalue weighted by Crippen LogP contribution is -2.08. The summed E-state index contributed by atoms with van der Waals surface area (Å²) in [7, 11) is 0. The lowest BCUT2D eigenvalue weighted by molar-refractivity contribution is 0.0497. The molecule has 130 valence electrons. The molecule has 0 aliphatic carbocycles. The highest BCUT2D eigenvalue weighted by molar-refractivity contribution is 5.90. The fourth-order valence-corrected chi connectivity index (χ4v) is 2.13. The summed E-state index contributed by atoms with van der Waals surface area (Å²) in [6, 6.07) is 5.23. The molecule has 23 heavy (non-hydrogen) atoms. The first-order valence-corrected chi connectivity index (χ1v) is 8.79. The first kappa shape index (κ1) is 19.3. The largest absolute Gasteiger partial charge is 0.490 e. The molecule has 0 spiro atoms. The zero-order chi connectivity index (χ0) is 16.9. The number of rotatable bonds is 12. The molecule has 0 unspecified atom stereocenters. The number of carbonyl (C=O) groups is 1. The molecule has 0 saturated heterocycles. The van der Waals surface area contributed by atoms with Gasteiger partial charge in [-0.2, -0.15) is 0 Å². The Balaban J connectivity index is 2.60. The second kappa shape index (κ2) is 11.8. The Bertz CT molecular complexity index is 457. The van der Waals surface area contributed by atoms with Crippen LogP contribution in [-0.2, 0) is 4.74 Å². The summed E-state index contributed by atoms with van der Waals surface area (Å²) in [4.78, 5) is 12.1. The molecule has 0 saturated carbocycles. The van der Waals surface area contributed by atoms with Crippen molar-refractivity contribution in [2.45, 2.75) is 59.3 Å². The highest BCUT2D eigenvalue weighted by Crippen LogP contribution is 2.29. The minimum absolute atomic E-state index is 0.303. The molecular formula is C19H30O4. The normalized spacial score (nSPS) is 10.4. The fourth-order valence-electron chi connectivity index (χ4n) is 2.13. The van der Waals surface area contributed by atoms with Crippen LogP contribution in [0.4, 0.5) is 0 Å². The molecule has 0 N–H and O–H groups in total. The summed E-state index contributed by atoms with van der Waals surface area (Å²) < 4.78 is 16.6. The second-order valence-corrected chi connectivity index (χ2v) is 5.49. The van der Waals surface area contributed by atoms with E-state index >= 15 is 0 Å². The van der Waals surface area contributed by atoms with Gasteiger partial charge in [-0.1, -0.05) is 39.5 Å². The van der Waals surface area contributed by atoms with Gasteiger partial charge in [-0.05, 0) is 38.0 Å². The van der Waals surface area contributed by atoms with E-state index in [2.05, 4.69) is 13.8 Å². The first-order valence-electron chi connectivity index (χ1n) is 8.79. The van der Waals surface area contributed by atoms with Crippen molar-refractivity contribution in [1.29, 1.82) is 0 Å². The maximum atomic E-state index is 12.1. The molecular weight excluding hydrogens is 292 g/mol. The molecule has 0 amide bonds. The van der Waals surface area contributed by atoms with Crippen molar-refractivity contribution in [2.75, 3.05) is 19.8 Å². The maximum absolute atomic E-state index is 12.1. The minimum atomic E-state index is -0.303. The SMILES string of the molecule is CCCCCCOC(=O)c1ccc(OCCCC)c(OCC)c1. The monoisotopic (exact) mass is 322 g/mol. The van der Waals surface area contributed by atoms with Crippen LogP contribution in [0, 0.1) is 0 Å². The lowest BCUT2D eigenvalue weighted by atomic mass is 10.2. The molecule has 0 radical (unpaired) electrons. The van der Waals surface area contributed by atoms with Gasteiger partial charge in [0.25, 0.3) is 0 Å². The highest BCUT2D eigenvalue weighted by Gasteiger charge is 2.12. The van der Waals surface area contributed by atoms with Crippen LogP contribution < -0.4 is 9.47 Å². The average Bonchev–Trinajstić information content (AvgIpc) is 2.56. The van der Waals surface area contributed by atoms with Crippen molar-refractivity contribution in [3.63, 3.8) is 0 Å². The Morgan fingerprint density at radius 1 is 0.870 bits per heavy atom. The van der Waals surface area contributed by atoms with Crippen molar-refractivity contribution in [1.82, 2.24) is 0 Å². The van der Waals surface area contributed by atoms with E-state index in [1.54, 1.807) is 18.2 Å². The van der Waals surface area contributed by atoms with Gasteiger partial charge in [0.15, 0.2) is 11.5 Å². The Morgan fingerprint density at radius 3 is 2.35 bits per heavy atom. The second-order valence-electron chi connectivity index (χ2n) is 5.49. The van der Waals surface area contributed by atoms with Crippen LogP contribution in [0.15, 0.2) is 18.2 Å². The zero-order valence-corrected chi connectivity index (χ0v) is 14.7. The van der Waals surface area contributed by atoms with Gasteiger partial charge in [-0.15, -0.1) is 0 Å². The van der Waals surface area contributed by atoms with Crippen LogP contribution in [0.5, 0.6) is 11.5 Å². The van der Waals surface area contributed by atoms with E-state index in [1.165, 1.54) is 12.8 Å². The third kappa shape index (κ3) is 7.40. The topological polar surface area (TPSA) is 44.8 Å². The number of hydrogen-bond acceptors (Lipinski definition) is 4. The molecule has 4 heteroatoms. The van der Waals surface area contributed by atoms with E-state index in [1.807, 2.05) is 6.92 Å². The molecule has 0 heterocycles. The van der Waals surface area contributed by atoms with Gasteiger partial charge in [-0.3, -0.25) is 0 Å². The van der Waals surface area contributed by atoms with Crippen molar-refractivity contribution in [3.8, 4) is 11.5 Å². The van der Waals surface area contributed by atoms with Gasteiger partial charge >= 0.3 is 5.97 Å². The van der Waals surface area contributed by atoms with Gasteiger partial charge in [-0.25, -0.2) is 4.79 Å². The molecule has 0 bridgehead atoms. The average molecular weight is 322 g/mol. The quantitative estimate of drug-likeness (QED) is 0.401. The van der Waals surface area contributed by atoms with Crippen LogP contribution >= 0.6 is 0 Å². The highest BCUT2D eigenvalue weighted by atomic mass is 16.5. The Labute approximate surface area is 140 Å². The van der Waals surface area contributed by atoms with Gasteiger partial charge in [0.1, 0.15) is 0 Å². The standard InChI is InChI=1S/C19H30O4/c1-4-7-9-10-14-23-19(20)16-11-12-17(22-13-8-5-2)18(15-16)21-6-3/h11-12,15H,4-10,13-14H2,1-3H3. The molecule has 4 nitrogen and oxygen atoms in total. The molecule has 0 aromatic heterocycles. The number of carbonyl (C=O) groups excluding carboxylic acids is 1. The third-order valence-corrected chi connectivity index (χ3v) is 3.47. The maximum Gasteiger partial charge on any atom is 0.338 e. The third-order valence-electron chi connectivity index (χ3n) is 3.47. The van der Waals surface area contributed by atoms with Crippen LogP contribution in [0.1, 0.15) is 69.7 Å². The van der Waals surface area contributed by atoms with E-state index in [9.17, 15) is 4.79 Å². The van der Waals surface area contributed by atoms with Crippen molar-refractivity contribution < 1.29 is 19.0 Å². The van der Waals surface area contributed by atoms with Crippen LogP contribution in [0.3, 0.4) is 0 Å². The van der Waals surface area contributed by atoms with Crippen LogP contribution in [0.25, 0.3) is 0 Å². The molecule has 1 aromatic rings. The van der Waals surface area contributed by atoms with Crippen molar-refractivity contribution >= 4 is 5.97 Å². The molecule has 0 aliphatic rings. The Kier molecular flexibility index (Phi) is 9.92. The summed E-state index contributed by atoms with van der Waals surface area (Å²) in [5.74, 6) is 0.978. The van der Waals surface area contributed by atoms with E-state index < -0.39 is 0 Å². The smallest absolute Gasteiger partial charge is 0.338 e. The summed E-state index contributed by atoms with van der Waals surface area (Å²) in [5, 5.41) is 0. The van der Waals surface area contributed by atoms with Crippen molar-refractivity contribution in [2.24, 2.45) is 0 Å². The van der Waals surface area contributed by atoms with Crippen molar-refractivity contribution in [3.05, 3.63) is 23.8 Å². The first-order chi connectivity index (χ1) is 11.2. The number of unbranched alkanes of at least 4 members (excludes halogenated alkanes) is 4. The number of benzene rings is 1. The van der Waals surface area contributed by atoms with Gasteiger partial charge < -0.3 is 14.2 Å². The number of hydrogen-bond donors (Lipinski definition) is 0. The Hall–Kier alpha value is -1.71. The number of ether oxygens (including phenoxy) is 3. The summed E-state index contributed by atoms with van der Waals surface area (Å²) in [6.45, 7) is 7.83. The van der Waals surface area contributed by atoms with Gasteiger partial charge in [0, 0.05) is 0 Å².